The fourth-order valence-electron chi connectivity index (χ4n) is 2.06. The molecule has 0 spiro atoms. The lowest BCUT2D eigenvalue weighted by atomic mass is 10.1. The summed E-state index contributed by atoms with van der Waals surface area (Å²) in [6.07, 6.45) is 1.33. The normalized spacial score (nSPS) is 10.5. The van der Waals surface area contributed by atoms with Crippen LogP contribution in [0.2, 0.25) is 0 Å². The van der Waals surface area contributed by atoms with Crippen molar-refractivity contribution in [1.29, 1.82) is 0 Å². The molecule has 0 fully saturated rings. The SMILES string of the molecule is Cc1ccc(-n2ncc(C(=O)O)c2-c2ccccc2)nn1. The van der Waals surface area contributed by atoms with Gasteiger partial charge in [0, 0.05) is 5.56 Å². The van der Waals surface area contributed by atoms with Crippen LogP contribution in [0.5, 0.6) is 0 Å². The Morgan fingerprint density at radius 3 is 2.48 bits per heavy atom. The van der Waals surface area contributed by atoms with Crippen molar-refractivity contribution in [3.8, 4) is 17.1 Å². The molecule has 2 heterocycles. The van der Waals surface area contributed by atoms with E-state index < -0.39 is 5.97 Å². The number of carboxylic acids is 1. The third-order valence-corrected chi connectivity index (χ3v) is 3.05. The molecule has 0 unspecified atom stereocenters. The monoisotopic (exact) mass is 280 g/mol. The summed E-state index contributed by atoms with van der Waals surface area (Å²) >= 11 is 0. The first-order chi connectivity index (χ1) is 10.2. The van der Waals surface area contributed by atoms with E-state index in [1.54, 1.807) is 12.1 Å². The lowest BCUT2D eigenvalue weighted by molar-refractivity contribution is 0.0697. The molecule has 1 N–H and O–H groups in total. The number of nitrogens with zero attached hydrogens (tertiary/aromatic N) is 4. The summed E-state index contributed by atoms with van der Waals surface area (Å²) in [5, 5.41) is 21.5. The van der Waals surface area contributed by atoms with Gasteiger partial charge in [0.2, 0.25) is 0 Å². The number of aromatic carboxylic acids is 1. The molecule has 0 aliphatic heterocycles. The molecule has 0 aliphatic rings. The number of hydrogen-bond acceptors (Lipinski definition) is 4. The molecule has 3 rings (SSSR count). The van der Waals surface area contributed by atoms with Gasteiger partial charge in [-0.05, 0) is 19.1 Å². The Labute approximate surface area is 120 Å². The molecular weight excluding hydrogens is 268 g/mol. The van der Waals surface area contributed by atoms with Crippen LogP contribution >= 0.6 is 0 Å². The van der Waals surface area contributed by atoms with Crippen LogP contribution in [0.25, 0.3) is 17.1 Å². The number of aromatic nitrogens is 4. The molecule has 0 saturated heterocycles. The smallest absolute Gasteiger partial charge is 0.339 e. The predicted molar refractivity (Wildman–Crippen MR) is 76.3 cm³/mol. The summed E-state index contributed by atoms with van der Waals surface area (Å²) in [6.45, 7) is 1.83. The number of rotatable bonds is 3. The van der Waals surface area contributed by atoms with E-state index in [0.29, 0.717) is 11.5 Å². The van der Waals surface area contributed by atoms with E-state index in [1.807, 2.05) is 37.3 Å². The maximum atomic E-state index is 11.4. The first-order valence-electron chi connectivity index (χ1n) is 6.34. The van der Waals surface area contributed by atoms with Crippen LogP contribution in [0.1, 0.15) is 16.1 Å². The number of carbonyl (C=O) groups is 1. The molecule has 2 aromatic heterocycles. The Kier molecular flexibility index (Phi) is 3.19. The fraction of sp³-hybridized carbons (Fsp3) is 0.0667. The van der Waals surface area contributed by atoms with E-state index in [2.05, 4.69) is 15.3 Å². The predicted octanol–water partition coefficient (Wildman–Crippen LogP) is 2.34. The summed E-state index contributed by atoms with van der Waals surface area (Å²) in [5.74, 6) is -0.549. The quantitative estimate of drug-likeness (QED) is 0.796. The number of hydrogen-bond donors (Lipinski definition) is 1. The van der Waals surface area contributed by atoms with Crippen LogP contribution in [-0.2, 0) is 0 Å². The van der Waals surface area contributed by atoms with Gasteiger partial charge in [0.05, 0.1) is 17.6 Å². The molecule has 0 saturated carbocycles. The highest BCUT2D eigenvalue weighted by molar-refractivity contribution is 5.95. The lowest BCUT2D eigenvalue weighted by Crippen LogP contribution is -2.05. The first kappa shape index (κ1) is 13.0. The molecule has 3 aromatic rings. The second kappa shape index (κ2) is 5.16. The van der Waals surface area contributed by atoms with Crippen LogP contribution in [0, 0.1) is 6.92 Å². The summed E-state index contributed by atoms with van der Waals surface area (Å²) < 4.78 is 1.49. The van der Waals surface area contributed by atoms with Crippen molar-refractivity contribution < 1.29 is 9.90 Å². The third kappa shape index (κ3) is 2.38. The van der Waals surface area contributed by atoms with Crippen molar-refractivity contribution in [1.82, 2.24) is 20.0 Å². The maximum absolute atomic E-state index is 11.4. The summed E-state index contributed by atoms with van der Waals surface area (Å²) in [5.41, 5.74) is 2.16. The van der Waals surface area contributed by atoms with Gasteiger partial charge in [-0.15, -0.1) is 5.10 Å². The van der Waals surface area contributed by atoms with Gasteiger partial charge in [0.1, 0.15) is 5.56 Å². The molecule has 0 radical (unpaired) electrons. The zero-order valence-electron chi connectivity index (χ0n) is 11.3. The van der Waals surface area contributed by atoms with Gasteiger partial charge in [-0.3, -0.25) is 0 Å². The van der Waals surface area contributed by atoms with Crippen molar-refractivity contribution >= 4 is 5.97 Å². The molecule has 0 amide bonds. The topological polar surface area (TPSA) is 80.9 Å². The first-order valence-corrected chi connectivity index (χ1v) is 6.34. The van der Waals surface area contributed by atoms with E-state index >= 15 is 0 Å². The Hall–Kier alpha value is -3.02. The summed E-state index contributed by atoms with van der Waals surface area (Å²) in [6, 6.07) is 12.8. The molecule has 0 bridgehead atoms. The van der Waals surface area contributed by atoms with Gasteiger partial charge >= 0.3 is 5.97 Å². The second-order valence-electron chi connectivity index (χ2n) is 4.52. The molecule has 0 atom stereocenters. The molecule has 104 valence electrons. The minimum atomic E-state index is -1.03. The van der Waals surface area contributed by atoms with E-state index in [4.69, 9.17) is 0 Å². The fourth-order valence-corrected chi connectivity index (χ4v) is 2.06. The van der Waals surface area contributed by atoms with Gasteiger partial charge in [-0.2, -0.15) is 10.2 Å². The number of aryl methyl sites for hydroxylation is 1. The Bertz CT molecular complexity index is 779. The zero-order chi connectivity index (χ0) is 14.8. The van der Waals surface area contributed by atoms with Gasteiger partial charge in [-0.1, -0.05) is 30.3 Å². The van der Waals surface area contributed by atoms with Crippen molar-refractivity contribution in [2.75, 3.05) is 0 Å². The van der Waals surface area contributed by atoms with Crippen LogP contribution in [0.15, 0.2) is 48.7 Å². The number of benzene rings is 1. The van der Waals surface area contributed by atoms with E-state index in [9.17, 15) is 9.90 Å². The zero-order valence-corrected chi connectivity index (χ0v) is 11.3. The molecule has 0 aliphatic carbocycles. The van der Waals surface area contributed by atoms with E-state index in [0.717, 1.165) is 11.3 Å². The standard InChI is InChI=1S/C15H12N4O2/c1-10-7-8-13(18-17-10)19-14(11-5-3-2-4-6-11)12(9-16-19)15(20)21/h2-9H,1H3,(H,20,21). The highest BCUT2D eigenvalue weighted by Crippen LogP contribution is 2.25. The average molecular weight is 280 g/mol. The highest BCUT2D eigenvalue weighted by Gasteiger charge is 2.19. The van der Waals surface area contributed by atoms with Crippen LogP contribution < -0.4 is 0 Å². The summed E-state index contributed by atoms with van der Waals surface area (Å²) in [4.78, 5) is 11.4. The largest absolute Gasteiger partial charge is 0.478 e. The molecule has 1 aromatic carbocycles. The minimum Gasteiger partial charge on any atom is -0.478 e. The maximum Gasteiger partial charge on any atom is 0.339 e. The third-order valence-electron chi connectivity index (χ3n) is 3.05. The second-order valence-corrected chi connectivity index (χ2v) is 4.52. The van der Waals surface area contributed by atoms with Crippen molar-refractivity contribution in [3.63, 3.8) is 0 Å². The Balaban J connectivity index is 2.22. The van der Waals surface area contributed by atoms with Crippen LogP contribution in [0.3, 0.4) is 0 Å². The van der Waals surface area contributed by atoms with Gasteiger partial charge in [-0.25, -0.2) is 9.48 Å². The molecule has 21 heavy (non-hydrogen) atoms. The average Bonchev–Trinajstić information content (AvgIpc) is 2.94. The van der Waals surface area contributed by atoms with Crippen molar-refractivity contribution in [2.45, 2.75) is 6.92 Å². The molecule has 6 nitrogen and oxygen atoms in total. The minimum absolute atomic E-state index is 0.128. The number of carboxylic acid groups (broad SMARTS) is 1. The summed E-state index contributed by atoms with van der Waals surface area (Å²) in [7, 11) is 0. The van der Waals surface area contributed by atoms with Gasteiger partial charge in [0.25, 0.3) is 0 Å². The Morgan fingerprint density at radius 2 is 1.86 bits per heavy atom. The Morgan fingerprint density at radius 1 is 1.10 bits per heavy atom. The highest BCUT2D eigenvalue weighted by atomic mass is 16.4. The van der Waals surface area contributed by atoms with Gasteiger partial charge < -0.3 is 5.11 Å². The van der Waals surface area contributed by atoms with E-state index in [-0.39, 0.29) is 5.56 Å². The lowest BCUT2D eigenvalue weighted by Gasteiger charge is -2.07. The van der Waals surface area contributed by atoms with E-state index in [1.165, 1.54) is 10.9 Å². The van der Waals surface area contributed by atoms with Crippen molar-refractivity contribution in [2.24, 2.45) is 0 Å². The van der Waals surface area contributed by atoms with Gasteiger partial charge in [0.15, 0.2) is 5.82 Å². The molecule has 6 heteroatoms. The van der Waals surface area contributed by atoms with Crippen LogP contribution in [0.4, 0.5) is 0 Å². The van der Waals surface area contributed by atoms with Crippen molar-refractivity contribution in [3.05, 3.63) is 59.9 Å². The molecular formula is C15H12N4O2. The van der Waals surface area contributed by atoms with Crippen LogP contribution in [-0.4, -0.2) is 31.1 Å².